The average Bonchev–Trinajstić information content (AvgIpc) is 2.98. The normalized spacial score (nSPS) is 31.7. The molecule has 2 fully saturated rings. The number of rotatable bonds is 3. The molecule has 1 saturated carbocycles. The number of aromatic nitrogens is 1. The van der Waals surface area contributed by atoms with Gasteiger partial charge in [0.25, 0.3) is 0 Å². The highest BCUT2D eigenvalue weighted by atomic mass is 35.5. The molecule has 2 N–H and O–H groups in total. The SMILES string of the molecule is Clc1cccc(NC2CCCC2C2CCCN2)n1. The van der Waals surface area contributed by atoms with Gasteiger partial charge in [0, 0.05) is 12.1 Å². The van der Waals surface area contributed by atoms with Gasteiger partial charge in [0.15, 0.2) is 0 Å². The molecule has 1 aromatic heterocycles. The molecular weight excluding hydrogens is 246 g/mol. The Kier molecular flexibility index (Phi) is 3.71. The van der Waals surface area contributed by atoms with Gasteiger partial charge in [-0.2, -0.15) is 0 Å². The molecule has 98 valence electrons. The lowest BCUT2D eigenvalue weighted by molar-refractivity contribution is 0.375. The van der Waals surface area contributed by atoms with E-state index in [0.717, 1.165) is 11.7 Å². The number of anilines is 1. The highest BCUT2D eigenvalue weighted by Crippen LogP contribution is 2.33. The summed E-state index contributed by atoms with van der Waals surface area (Å²) in [6.07, 6.45) is 6.54. The lowest BCUT2D eigenvalue weighted by atomic mass is 9.93. The van der Waals surface area contributed by atoms with Crippen LogP contribution in [0.15, 0.2) is 18.2 Å². The second-order valence-electron chi connectivity index (χ2n) is 5.39. The maximum absolute atomic E-state index is 5.93. The summed E-state index contributed by atoms with van der Waals surface area (Å²) in [5, 5.41) is 7.78. The molecule has 0 spiro atoms. The summed E-state index contributed by atoms with van der Waals surface area (Å²) < 4.78 is 0. The van der Waals surface area contributed by atoms with E-state index in [1.807, 2.05) is 18.2 Å². The zero-order valence-electron chi connectivity index (χ0n) is 10.5. The average molecular weight is 266 g/mol. The molecule has 0 aromatic carbocycles. The van der Waals surface area contributed by atoms with Crippen molar-refractivity contribution in [3.8, 4) is 0 Å². The predicted octanol–water partition coefficient (Wildman–Crippen LogP) is 3.07. The first kappa shape index (κ1) is 12.2. The van der Waals surface area contributed by atoms with Crippen LogP contribution in [0.2, 0.25) is 5.15 Å². The standard InChI is InChI=1S/C14H20ClN3/c15-13-7-2-8-14(18-13)17-12-5-1-4-10(12)11-6-3-9-16-11/h2,7-8,10-12,16H,1,3-6,9H2,(H,17,18). The fraction of sp³-hybridized carbons (Fsp3) is 0.643. The summed E-state index contributed by atoms with van der Waals surface area (Å²) in [7, 11) is 0. The predicted molar refractivity (Wildman–Crippen MR) is 75.0 cm³/mol. The first-order chi connectivity index (χ1) is 8.83. The smallest absolute Gasteiger partial charge is 0.131 e. The van der Waals surface area contributed by atoms with Gasteiger partial charge < -0.3 is 10.6 Å². The van der Waals surface area contributed by atoms with Crippen molar-refractivity contribution in [3.05, 3.63) is 23.4 Å². The monoisotopic (exact) mass is 265 g/mol. The highest BCUT2D eigenvalue weighted by Gasteiger charge is 2.34. The van der Waals surface area contributed by atoms with Crippen LogP contribution in [0.1, 0.15) is 32.1 Å². The molecule has 2 aliphatic rings. The van der Waals surface area contributed by atoms with E-state index in [0.29, 0.717) is 17.2 Å². The minimum Gasteiger partial charge on any atom is -0.367 e. The summed E-state index contributed by atoms with van der Waals surface area (Å²) in [6, 6.07) is 7.02. The summed E-state index contributed by atoms with van der Waals surface area (Å²) in [5.41, 5.74) is 0. The third kappa shape index (κ3) is 2.62. The molecule has 1 aliphatic carbocycles. The molecule has 1 saturated heterocycles. The molecule has 0 amide bonds. The molecule has 18 heavy (non-hydrogen) atoms. The van der Waals surface area contributed by atoms with Crippen molar-refractivity contribution >= 4 is 17.4 Å². The van der Waals surface area contributed by atoms with E-state index in [1.165, 1.54) is 38.6 Å². The fourth-order valence-electron chi connectivity index (χ4n) is 3.41. The van der Waals surface area contributed by atoms with E-state index >= 15 is 0 Å². The van der Waals surface area contributed by atoms with Gasteiger partial charge in [0.1, 0.15) is 11.0 Å². The third-order valence-electron chi connectivity index (χ3n) is 4.23. The first-order valence-electron chi connectivity index (χ1n) is 6.95. The Balaban J connectivity index is 1.67. The summed E-state index contributed by atoms with van der Waals surface area (Å²) in [4.78, 5) is 4.33. The van der Waals surface area contributed by atoms with E-state index < -0.39 is 0 Å². The maximum Gasteiger partial charge on any atom is 0.131 e. The van der Waals surface area contributed by atoms with Crippen LogP contribution in [0.25, 0.3) is 0 Å². The Hall–Kier alpha value is -0.800. The van der Waals surface area contributed by atoms with Gasteiger partial charge in [-0.25, -0.2) is 4.98 Å². The molecule has 3 rings (SSSR count). The summed E-state index contributed by atoms with van der Waals surface area (Å²) >= 11 is 5.93. The van der Waals surface area contributed by atoms with Crippen molar-refractivity contribution in [2.24, 2.45) is 5.92 Å². The summed E-state index contributed by atoms with van der Waals surface area (Å²) in [6.45, 7) is 1.18. The van der Waals surface area contributed by atoms with Gasteiger partial charge in [-0.3, -0.25) is 0 Å². The Morgan fingerprint density at radius 2 is 2.17 bits per heavy atom. The molecule has 2 heterocycles. The topological polar surface area (TPSA) is 37.0 Å². The van der Waals surface area contributed by atoms with Crippen LogP contribution < -0.4 is 10.6 Å². The second-order valence-corrected chi connectivity index (χ2v) is 5.78. The number of nitrogens with one attached hydrogen (secondary N) is 2. The Labute approximate surface area is 113 Å². The number of nitrogens with zero attached hydrogens (tertiary/aromatic N) is 1. The minimum absolute atomic E-state index is 0.548. The lowest BCUT2D eigenvalue weighted by Gasteiger charge is -2.27. The first-order valence-corrected chi connectivity index (χ1v) is 7.33. The Morgan fingerprint density at radius 1 is 1.22 bits per heavy atom. The molecule has 1 aromatic rings. The van der Waals surface area contributed by atoms with Crippen LogP contribution in [0.5, 0.6) is 0 Å². The van der Waals surface area contributed by atoms with Crippen molar-refractivity contribution < 1.29 is 0 Å². The molecule has 3 unspecified atom stereocenters. The van der Waals surface area contributed by atoms with Gasteiger partial charge in [-0.1, -0.05) is 24.1 Å². The zero-order chi connectivity index (χ0) is 12.4. The van der Waals surface area contributed by atoms with Crippen molar-refractivity contribution in [3.63, 3.8) is 0 Å². The van der Waals surface area contributed by atoms with Gasteiger partial charge in [-0.15, -0.1) is 0 Å². The van der Waals surface area contributed by atoms with Gasteiger partial charge >= 0.3 is 0 Å². The molecule has 3 atom stereocenters. The molecule has 1 aliphatic heterocycles. The number of hydrogen-bond donors (Lipinski definition) is 2. The van der Waals surface area contributed by atoms with Crippen LogP contribution in [0.3, 0.4) is 0 Å². The van der Waals surface area contributed by atoms with E-state index in [9.17, 15) is 0 Å². The molecule has 4 heteroatoms. The molecule has 0 radical (unpaired) electrons. The number of pyridine rings is 1. The van der Waals surface area contributed by atoms with Crippen LogP contribution in [-0.2, 0) is 0 Å². The molecule has 3 nitrogen and oxygen atoms in total. The van der Waals surface area contributed by atoms with Crippen LogP contribution in [-0.4, -0.2) is 23.6 Å². The molecule has 0 bridgehead atoms. The summed E-state index contributed by atoms with van der Waals surface area (Å²) in [5.74, 6) is 1.66. The number of hydrogen-bond acceptors (Lipinski definition) is 3. The van der Waals surface area contributed by atoms with Crippen LogP contribution in [0, 0.1) is 5.92 Å². The van der Waals surface area contributed by atoms with Crippen LogP contribution >= 0.6 is 11.6 Å². The van der Waals surface area contributed by atoms with Crippen molar-refractivity contribution in [2.45, 2.75) is 44.2 Å². The third-order valence-corrected chi connectivity index (χ3v) is 4.44. The zero-order valence-corrected chi connectivity index (χ0v) is 11.3. The second kappa shape index (κ2) is 5.45. The van der Waals surface area contributed by atoms with Crippen molar-refractivity contribution in [1.29, 1.82) is 0 Å². The van der Waals surface area contributed by atoms with Crippen LogP contribution in [0.4, 0.5) is 5.82 Å². The van der Waals surface area contributed by atoms with Gasteiger partial charge in [0.05, 0.1) is 0 Å². The van der Waals surface area contributed by atoms with E-state index in [2.05, 4.69) is 15.6 Å². The quantitative estimate of drug-likeness (QED) is 0.825. The van der Waals surface area contributed by atoms with Gasteiger partial charge in [0.2, 0.25) is 0 Å². The van der Waals surface area contributed by atoms with Gasteiger partial charge in [-0.05, 0) is 50.3 Å². The minimum atomic E-state index is 0.548. The van der Waals surface area contributed by atoms with E-state index in [1.54, 1.807) is 0 Å². The lowest BCUT2D eigenvalue weighted by Crippen LogP contribution is -2.38. The number of halogens is 1. The Morgan fingerprint density at radius 3 is 2.94 bits per heavy atom. The molecular formula is C14H20ClN3. The highest BCUT2D eigenvalue weighted by molar-refractivity contribution is 6.29. The largest absolute Gasteiger partial charge is 0.367 e. The van der Waals surface area contributed by atoms with Crippen molar-refractivity contribution in [1.82, 2.24) is 10.3 Å². The van der Waals surface area contributed by atoms with E-state index in [4.69, 9.17) is 11.6 Å². The van der Waals surface area contributed by atoms with E-state index in [-0.39, 0.29) is 0 Å². The maximum atomic E-state index is 5.93. The Bertz CT molecular complexity index is 404. The van der Waals surface area contributed by atoms with Crippen molar-refractivity contribution in [2.75, 3.05) is 11.9 Å². The fourth-order valence-corrected chi connectivity index (χ4v) is 3.57.